The van der Waals surface area contributed by atoms with Gasteiger partial charge in [-0.3, -0.25) is 9.59 Å². The largest absolute Gasteiger partial charge is 0.352 e. The Kier molecular flexibility index (Phi) is 9.43. The average molecular weight is 425 g/mol. The van der Waals surface area contributed by atoms with Crippen molar-refractivity contribution in [3.63, 3.8) is 0 Å². The number of thioether (sulfide) groups is 1. The van der Waals surface area contributed by atoms with Gasteiger partial charge in [-0.2, -0.15) is 0 Å². The van der Waals surface area contributed by atoms with Crippen LogP contribution in [0, 0.1) is 5.82 Å². The predicted octanol–water partition coefficient (Wildman–Crippen LogP) is 2.39. The van der Waals surface area contributed by atoms with Gasteiger partial charge >= 0.3 is 0 Å². The summed E-state index contributed by atoms with van der Waals surface area (Å²) in [5, 5.41) is 2.77. The summed E-state index contributed by atoms with van der Waals surface area (Å²) in [5.41, 5.74) is 0.724. The quantitative estimate of drug-likeness (QED) is 0.606. The van der Waals surface area contributed by atoms with Crippen molar-refractivity contribution >= 4 is 23.6 Å². The Morgan fingerprint density at radius 3 is 2.66 bits per heavy atom. The number of halogens is 1. The van der Waals surface area contributed by atoms with Gasteiger partial charge in [-0.15, -0.1) is 11.8 Å². The minimum atomic E-state index is -0.517. The van der Waals surface area contributed by atoms with E-state index in [1.807, 2.05) is 13.0 Å². The SMILES string of the molecule is CCC(=O)N1[C@@H](c2cccc(F)c2)SC[C@H]1C(=O)N[C@@H](C)CCC[NH+](CC)CC. The molecule has 0 aliphatic carbocycles. The lowest BCUT2D eigenvalue weighted by molar-refractivity contribution is -0.896. The monoisotopic (exact) mass is 424 g/mol. The van der Waals surface area contributed by atoms with Crippen LogP contribution in [0.15, 0.2) is 24.3 Å². The highest BCUT2D eigenvalue weighted by Gasteiger charge is 2.41. The predicted molar refractivity (Wildman–Crippen MR) is 116 cm³/mol. The highest BCUT2D eigenvalue weighted by Crippen LogP contribution is 2.41. The number of rotatable bonds is 10. The van der Waals surface area contributed by atoms with Crippen molar-refractivity contribution in [1.82, 2.24) is 10.2 Å². The van der Waals surface area contributed by atoms with Crippen LogP contribution in [0.25, 0.3) is 0 Å². The lowest BCUT2D eigenvalue weighted by atomic mass is 10.1. The number of hydrogen-bond donors (Lipinski definition) is 2. The zero-order valence-corrected chi connectivity index (χ0v) is 18.9. The van der Waals surface area contributed by atoms with Crippen LogP contribution in [0.1, 0.15) is 57.9 Å². The lowest BCUT2D eigenvalue weighted by Gasteiger charge is -2.29. The highest BCUT2D eigenvalue weighted by atomic mass is 32.2. The van der Waals surface area contributed by atoms with Crippen molar-refractivity contribution in [1.29, 1.82) is 0 Å². The van der Waals surface area contributed by atoms with E-state index in [0.29, 0.717) is 12.2 Å². The van der Waals surface area contributed by atoms with E-state index in [1.54, 1.807) is 22.8 Å². The highest BCUT2D eigenvalue weighted by molar-refractivity contribution is 7.99. The second-order valence-electron chi connectivity index (χ2n) is 7.67. The number of nitrogens with one attached hydrogen (secondary N) is 2. The van der Waals surface area contributed by atoms with Gasteiger partial charge in [0.25, 0.3) is 0 Å². The van der Waals surface area contributed by atoms with Gasteiger partial charge < -0.3 is 15.1 Å². The number of amides is 2. The van der Waals surface area contributed by atoms with Gasteiger partial charge in [0, 0.05) is 18.2 Å². The fraction of sp³-hybridized carbons (Fsp3) is 0.636. The first-order valence-corrected chi connectivity index (χ1v) is 11.8. The maximum Gasteiger partial charge on any atom is 0.243 e. The second-order valence-corrected chi connectivity index (χ2v) is 8.78. The molecule has 0 spiro atoms. The standard InChI is InChI=1S/C22H34FN3O2S/c1-5-20(27)26-19(15-29-22(26)17-11-8-12-18(23)14-17)21(28)24-16(4)10-9-13-25(6-2)7-3/h8,11-12,14,16,19,22H,5-7,9-10,13,15H2,1-4H3,(H,24,28)/p+1/t16-,19-,22+/m0/s1. The van der Waals surface area contributed by atoms with E-state index >= 15 is 0 Å². The molecule has 3 atom stereocenters. The van der Waals surface area contributed by atoms with E-state index in [4.69, 9.17) is 0 Å². The van der Waals surface area contributed by atoms with Gasteiger partial charge in [0.05, 0.1) is 19.6 Å². The van der Waals surface area contributed by atoms with E-state index in [2.05, 4.69) is 19.2 Å². The minimum Gasteiger partial charge on any atom is -0.352 e. The average Bonchev–Trinajstić information content (AvgIpc) is 3.16. The molecule has 1 aliphatic heterocycles. The van der Waals surface area contributed by atoms with Crippen LogP contribution in [0.3, 0.4) is 0 Å². The van der Waals surface area contributed by atoms with Crippen LogP contribution in [0.5, 0.6) is 0 Å². The fourth-order valence-corrected chi connectivity index (χ4v) is 5.23. The van der Waals surface area contributed by atoms with E-state index in [0.717, 1.165) is 38.0 Å². The smallest absolute Gasteiger partial charge is 0.243 e. The summed E-state index contributed by atoms with van der Waals surface area (Å²) in [4.78, 5) is 28.8. The van der Waals surface area contributed by atoms with Crippen molar-refractivity contribution in [2.24, 2.45) is 0 Å². The van der Waals surface area contributed by atoms with E-state index in [9.17, 15) is 14.0 Å². The zero-order valence-electron chi connectivity index (χ0n) is 18.0. The summed E-state index contributed by atoms with van der Waals surface area (Å²) in [7, 11) is 0. The van der Waals surface area contributed by atoms with E-state index < -0.39 is 6.04 Å². The Balaban J connectivity index is 2.00. The Morgan fingerprint density at radius 1 is 1.31 bits per heavy atom. The van der Waals surface area contributed by atoms with Gasteiger partial charge in [-0.25, -0.2) is 4.39 Å². The van der Waals surface area contributed by atoms with Crippen molar-refractivity contribution in [3.05, 3.63) is 35.6 Å². The third-order valence-corrected chi connectivity index (χ3v) is 6.91. The molecule has 162 valence electrons. The molecule has 1 aliphatic rings. The normalized spacial score (nSPS) is 20.1. The Bertz CT molecular complexity index is 684. The number of carbonyl (C=O) groups is 2. The number of hydrogen-bond acceptors (Lipinski definition) is 3. The zero-order chi connectivity index (χ0) is 21.4. The molecule has 0 radical (unpaired) electrons. The molecule has 1 aromatic carbocycles. The third kappa shape index (κ3) is 6.44. The molecular weight excluding hydrogens is 389 g/mol. The molecular formula is C22H35FN3O2S+. The Morgan fingerprint density at radius 2 is 2.03 bits per heavy atom. The molecule has 0 unspecified atom stereocenters. The molecule has 0 saturated carbocycles. The molecule has 29 heavy (non-hydrogen) atoms. The number of nitrogens with zero attached hydrogens (tertiary/aromatic N) is 1. The summed E-state index contributed by atoms with van der Waals surface area (Å²) >= 11 is 1.52. The summed E-state index contributed by atoms with van der Waals surface area (Å²) < 4.78 is 13.7. The molecule has 1 saturated heterocycles. The molecule has 5 nitrogen and oxygen atoms in total. The van der Waals surface area contributed by atoms with Crippen molar-refractivity contribution in [2.75, 3.05) is 25.4 Å². The van der Waals surface area contributed by atoms with Crippen LogP contribution < -0.4 is 10.2 Å². The Hall–Kier alpha value is -1.60. The van der Waals surface area contributed by atoms with E-state index in [-0.39, 0.29) is 29.0 Å². The minimum absolute atomic E-state index is 0.0641. The lowest BCUT2D eigenvalue weighted by Crippen LogP contribution is -3.11. The fourth-order valence-electron chi connectivity index (χ4n) is 3.79. The van der Waals surface area contributed by atoms with Gasteiger partial charge in [0.2, 0.25) is 11.8 Å². The van der Waals surface area contributed by atoms with Gasteiger partial charge in [0.1, 0.15) is 17.2 Å². The van der Waals surface area contributed by atoms with Gasteiger partial charge in [-0.1, -0.05) is 19.1 Å². The van der Waals surface area contributed by atoms with Gasteiger partial charge in [-0.05, 0) is 51.3 Å². The molecule has 0 aromatic heterocycles. The molecule has 2 rings (SSSR count). The summed E-state index contributed by atoms with van der Waals surface area (Å²) in [6.45, 7) is 11.5. The number of carbonyl (C=O) groups excluding carboxylic acids is 2. The summed E-state index contributed by atoms with van der Waals surface area (Å²) in [6, 6.07) is 5.85. The van der Waals surface area contributed by atoms with Crippen molar-refractivity contribution in [2.45, 2.75) is 64.4 Å². The van der Waals surface area contributed by atoms with Crippen LogP contribution in [-0.4, -0.2) is 54.2 Å². The van der Waals surface area contributed by atoms with Crippen LogP contribution >= 0.6 is 11.8 Å². The molecule has 1 aromatic rings. The third-order valence-electron chi connectivity index (χ3n) is 5.58. The summed E-state index contributed by atoms with van der Waals surface area (Å²) in [6.07, 6.45) is 2.30. The molecule has 1 fully saturated rings. The maximum atomic E-state index is 13.7. The first-order chi connectivity index (χ1) is 13.9. The molecule has 1 heterocycles. The molecule has 0 bridgehead atoms. The molecule has 7 heteroatoms. The topological polar surface area (TPSA) is 53.9 Å². The Labute approximate surface area is 178 Å². The van der Waals surface area contributed by atoms with Gasteiger partial charge in [0.15, 0.2) is 0 Å². The van der Waals surface area contributed by atoms with Crippen LogP contribution in [0.2, 0.25) is 0 Å². The first-order valence-electron chi connectivity index (χ1n) is 10.7. The van der Waals surface area contributed by atoms with Crippen molar-refractivity contribution in [3.8, 4) is 0 Å². The maximum absolute atomic E-state index is 13.7. The van der Waals surface area contributed by atoms with Crippen LogP contribution in [-0.2, 0) is 9.59 Å². The number of benzene rings is 1. The molecule has 2 amide bonds. The number of quaternary nitrogens is 1. The first kappa shape index (κ1) is 23.7. The summed E-state index contributed by atoms with van der Waals surface area (Å²) in [5.74, 6) is 0.00153. The molecule has 2 N–H and O–H groups in total. The van der Waals surface area contributed by atoms with Crippen LogP contribution in [0.4, 0.5) is 4.39 Å². The van der Waals surface area contributed by atoms with E-state index in [1.165, 1.54) is 23.9 Å². The van der Waals surface area contributed by atoms with Crippen molar-refractivity contribution < 1.29 is 18.9 Å². The second kappa shape index (κ2) is 11.6.